The van der Waals surface area contributed by atoms with Gasteiger partial charge in [0.25, 0.3) is 0 Å². The number of hydrogen-bond donors (Lipinski definition) is 0. The molecule has 0 spiro atoms. The summed E-state index contributed by atoms with van der Waals surface area (Å²) in [5, 5.41) is 2.17. The lowest BCUT2D eigenvalue weighted by atomic mass is 9.85. The Kier molecular flexibility index (Phi) is 6.26. The molecule has 0 amide bonds. The fraction of sp³-hybridized carbons (Fsp3) is 0.304. The van der Waals surface area contributed by atoms with Gasteiger partial charge in [-0.25, -0.2) is 8.78 Å². The van der Waals surface area contributed by atoms with Crippen LogP contribution in [0.4, 0.5) is 8.78 Å². The van der Waals surface area contributed by atoms with Crippen molar-refractivity contribution < 1.29 is 8.78 Å². The number of rotatable bonds is 7. The zero-order valence-electron chi connectivity index (χ0n) is 14.9. The lowest BCUT2D eigenvalue weighted by molar-refractivity contribution is 0.273. The molecule has 0 radical (unpaired) electrons. The second kappa shape index (κ2) is 8.64. The second-order valence-corrected chi connectivity index (χ2v) is 7.19. The molecule has 0 saturated heterocycles. The van der Waals surface area contributed by atoms with Crippen molar-refractivity contribution >= 4 is 22.4 Å². The Morgan fingerprint density at radius 3 is 2.35 bits per heavy atom. The van der Waals surface area contributed by atoms with Crippen LogP contribution in [0.3, 0.4) is 0 Å². The third kappa shape index (κ3) is 4.24. The molecule has 0 nitrogen and oxygen atoms in total. The van der Waals surface area contributed by atoms with Gasteiger partial charge in [-0.3, -0.25) is 0 Å². The molecule has 2 unspecified atom stereocenters. The Balaban J connectivity index is 1.94. The molecule has 0 aliphatic carbocycles. The van der Waals surface area contributed by atoms with Crippen LogP contribution in [0.5, 0.6) is 0 Å². The number of alkyl halides is 1. The molecule has 26 heavy (non-hydrogen) atoms. The molecule has 3 heteroatoms. The Morgan fingerprint density at radius 2 is 1.62 bits per heavy atom. The van der Waals surface area contributed by atoms with Crippen LogP contribution in [0.25, 0.3) is 10.8 Å². The molecule has 0 bridgehead atoms. The van der Waals surface area contributed by atoms with E-state index < -0.39 is 12.0 Å². The molecular weight excluding hydrogens is 350 g/mol. The minimum Gasteiger partial charge on any atom is -0.242 e. The van der Waals surface area contributed by atoms with Crippen LogP contribution in [0, 0.1) is 5.82 Å². The second-order valence-electron chi connectivity index (χ2n) is 6.78. The van der Waals surface area contributed by atoms with Crippen LogP contribution in [-0.2, 0) is 0 Å². The maximum absolute atomic E-state index is 15.5. The van der Waals surface area contributed by atoms with Crippen LogP contribution >= 0.6 is 11.6 Å². The summed E-state index contributed by atoms with van der Waals surface area (Å²) >= 11 is 5.81. The van der Waals surface area contributed by atoms with Gasteiger partial charge in [0.1, 0.15) is 12.0 Å². The predicted octanol–water partition coefficient (Wildman–Crippen LogP) is 8.01. The molecule has 3 rings (SSSR count). The highest BCUT2D eigenvalue weighted by Gasteiger charge is 2.25. The van der Waals surface area contributed by atoms with E-state index in [1.165, 1.54) is 12.1 Å². The van der Waals surface area contributed by atoms with E-state index in [1.807, 2.05) is 42.5 Å². The van der Waals surface area contributed by atoms with Crippen molar-refractivity contribution in [3.05, 3.63) is 82.6 Å². The highest BCUT2D eigenvalue weighted by molar-refractivity contribution is 6.30. The van der Waals surface area contributed by atoms with E-state index in [4.69, 9.17) is 11.6 Å². The smallest absolute Gasteiger partial charge is 0.142 e. The average Bonchev–Trinajstić information content (AvgIpc) is 2.67. The highest BCUT2D eigenvalue weighted by Crippen LogP contribution is 2.39. The largest absolute Gasteiger partial charge is 0.242 e. The predicted molar refractivity (Wildman–Crippen MR) is 106 cm³/mol. The fourth-order valence-electron chi connectivity index (χ4n) is 3.45. The summed E-state index contributed by atoms with van der Waals surface area (Å²) in [5.74, 6) is -0.871. The molecule has 136 valence electrons. The molecule has 0 fully saturated rings. The van der Waals surface area contributed by atoms with Gasteiger partial charge < -0.3 is 0 Å². The van der Waals surface area contributed by atoms with Crippen molar-refractivity contribution in [3.63, 3.8) is 0 Å². The summed E-state index contributed by atoms with van der Waals surface area (Å²) in [6, 6.07) is 18.3. The van der Waals surface area contributed by atoms with Gasteiger partial charge in [-0.05, 0) is 46.5 Å². The Bertz CT molecular complexity index is 875. The van der Waals surface area contributed by atoms with E-state index in [0.717, 1.165) is 30.0 Å². The Morgan fingerprint density at radius 1 is 0.885 bits per heavy atom. The standard InChI is InChI=1S/C23H23ClF2/c1-2-3-4-9-20(18-12-13-21(24)22(25)15-18)23(26)19-11-10-16-7-5-6-8-17(16)14-19/h5-8,10-15,20,23H,2-4,9H2,1H3. The normalized spacial score (nSPS) is 13.7. The summed E-state index contributed by atoms with van der Waals surface area (Å²) < 4.78 is 29.5. The molecule has 0 aliphatic rings. The van der Waals surface area contributed by atoms with Gasteiger partial charge in [-0.1, -0.05) is 80.3 Å². The molecule has 2 atom stereocenters. The van der Waals surface area contributed by atoms with Crippen molar-refractivity contribution in [2.24, 2.45) is 0 Å². The van der Waals surface area contributed by atoms with Crippen LogP contribution < -0.4 is 0 Å². The van der Waals surface area contributed by atoms with E-state index in [9.17, 15) is 4.39 Å². The van der Waals surface area contributed by atoms with Crippen molar-refractivity contribution in [1.82, 2.24) is 0 Å². The van der Waals surface area contributed by atoms with E-state index in [0.29, 0.717) is 17.5 Å². The van der Waals surface area contributed by atoms with Crippen LogP contribution in [0.1, 0.15) is 55.8 Å². The first-order chi connectivity index (χ1) is 12.6. The summed E-state index contributed by atoms with van der Waals surface area (Å²) in [7, 11) is 0. The Labute approximate surface area is 158 Å². The molecule has 0 saturated carbocycles. The molecule has 3 aromatic rings. The fourth-order valence-corrected chi connectivity index (χ4v) is 3.57. The zero-order valence-corrected chi connectivity index (χ0v) is 15.6. The monoisotopic (exact) mass is 372 g/mol. The topological polar surface area (TPSA) is 0 Å². The van der Waals surface area contributed by atoms with Gasteiger partial charge >= 0.3 is 0 Å². The summed E-state index contributed by atoms with van der Waals surface area (Å²) in [5.41, 5.74) is 1.31. The third-order valence-corrected chi connectivity index (χ3v) is 5.24. The highest BCUT2D eigenvalue weighted by atomic mass is 35.5. The zero-order chi connectivity index (χ0) is 18.5. The first-order valence-corrected chi connectivity index (χ1v) is 9.55. The minimum atomic E-state index is -1.18. The van der Waals surface area contributed by atoms with E-state index >= 15 is 4.39 Å². The lowest BCUT2D eigenvalue weighted by Crippen LogP contribution is -2.08. The van der Waals surface area contributed by atoms with Crippen LogP contribution in [-0.4, -0.2) is 0 Å². The molecule has 0 aromatic heterocycles. The quantitative estimate of drug-likeness (QED) is 0.368. The summed E-state index contributed by atoms with van der Waals surface area (Å²) in [4.78, 5) is 0. The van der Waals surface area contributed by atoms with Crippen molar-refractivity contribution in [3.8, 4) is 0 Å². The molecule has 0 aliphatic heterocycles. The molecule has 0 N–H and O–H groups in total. The van der Waals surface area contributed by atoms with Crippen molar-refractivity contribution in [2.45, 2.75) is 44.7 Å². The van der Waals surface area contributed by atoms with Crippen molar-refractivity contribution in [1.29, 1.82) is 0 Å². The molecule has 0 heterocycles. The SMILES string of the molecule is CCCCCC(c1ccc(Cl)c(F)c1)C(F)c1ccc2ccccc2c1. The minimum absolute atomic E-state index is 0.0715. The van der Waals surface area contributed by atoms with Gasteiger partial charge in [0, 0.05) is 5.92 Å². The molecular formula is C23H23ClF2. The number of benzene rings is 3. The van der Waals surface area contributed by atoms with E-state index in [1.54, 1.807) is 6.07 Å². The van der Waals surface area contributed by atoms with Crippen LogP contribution in [0.15, 0.2) is 60.7 Å². The third-order valence-electron chi connectivity index (χ3n) is 4.94. The van der Waals surface area contributed by atoms with E-state index in [2.05, 4.69) is 6.92 Å². The Hall–Kier alpha value is -1.93. The van der Waals surface area contributed by atoms with E-state index in [-0.39, 0.29) is 10.9 Å². The van der Waals surface area contributed by atoms with Gasteiger partial charge in [-0.15, -0.1) is 0 Å². The van der Waals surface area contributed by atoms with Gasteiger partial charge in [-0.2, -0.15) is 0 Å². The van der Waals surface area contributed by atoms with Crippen LogP contribution in [0.2, 0.25) is 5.02 Å². The van der Waals surface area contributed by atoms with Crippen molar-refractivity contribution in [2.75, 3.05) is 0 Å². The number of fused-ring (bicyclic) bond motifs is 1. The number of halogens is 3. The average molecular weight is 373 g/mol. The van der Waals surface area contributed by atoms with Gasteiger partial charge in [0.2, 0.25) is 0 Å². The number of hydrogen-bond acceptors (Lipinski definition) is 0. The number of unbranched alkanes of at least 4 members (excludes halogenated alkanes) is 2. The lowest BCUT2D eigenvalue weighted by Gasteiger charge is -2.23. The summed E-state index contributed by atoms with van der Waals surface area (Å²) in [6.45, 7) is 2.12. The first kappa shape index (κ1) is 18.8. The summed E-state index contributed by atoms with van der Waals surface area (Å²) in [6.07, 6.45) is 2.52. The first-order valence-electron chi connectivity index (χ1n) is 9.18. The maximum atomic E-state index is 15.5. The van der Waals surface area contributed by atoms with Gasteiger partial charge in [0.15, 0.2) is 0 Å². The molecule has 3 aromatic carbocycles. The maximum Gasteiger partial charge on any atom is 0.142 e. The van der Waals surface area contributed by atoms with Gasteiger partial charge in [0.05, 0.1) is 5.02 Å².